The number of nitrogens with one attached hydrogen (secondary N) is 2. The minimum Gasteiger partial charge on any atom is -0.342 e. The monoisotopic (exact) mass is 287 g/mol. The Balaban J connectivity index is 2.02. The fraction of sp³-hybridized carbons (Fsp3) is 0.750. The average molecular weight is 288 g/mol. The molecule has 2 rings (SSSR count). The van der Waals surface area contributed by atoms with E-state index in [0.29, 0.717) is 25.9 Å². The van der Waals surface area contributed by atoms with Crippen LogP contribution in [0.15, 0.2) is 0 Å². The molecule has 0 unspecified atom stereocenters. The maximum atomic E-state index is 12.3. The summed E-state index contributed by atoms with van der Waals surface area (Å²) in [4.78, 5) is 36.9. The van der Waals surface area contributed by atoms with Crippen LogP contribution >= 0.6 is 11.6 Å². The number of nitrogens with zero attached hydrogens (tertiary/aromatic N) is 1. The Morgan fingerprint density at radius 2 is 1.95 bits per heavy atom. The van der Waals surface area contributed by atoms with Crippen molar-refractivity contribution in [1.82, 2.24) is 15.5 Å². The van der Waals surface area contributed by atoms with Gasteiger partial charge in [-0.05, 0) is 26.7 Å². The SMILES string of the molecule is CC(C)(CCl)C(=O)N1CCC2(CC1)NC(=O)NC2=O. The van der Waals surface area contributed by atoms with E-state index in [-0.39, 0.29) is 17.7 Å². The van der Waals surface area contributed by atoms with Crippen molar-refractivity contribution >= 4 is 29.4 Å². The van der Waals surface area contributed by atoms with E-state index in [0.717, 1.165) is 0 Å². The van der Waals surface area contributed by atoms with E-state index >= 15 is 0 Å². The van der Waals surface area contributed by atoms with Crippen molar-refractivity contribution < 1.29 is 14.4 Å². The molecule has 0 bridgehead atoms. The Bertz CT molecular complexity index is 428. The molecule has 2 aliphatic rings. The number of amides is 4. The van der Waals surface area contributed by atoms with Gasteiger partial charge in [0.05, 0.1) is 5.41 Å². The quantitative estimate of drug-likeness (QED) is 0.572. The van der Waals surface area contributed by atoms with Crippen molar-refractivity contribution in [3.8, 4) is 0 Å². The maximum Gasteiger partial charge on any atom is 0.322 e. The van der Waals surface area contributed by atoms with Gasteiger partial charge in [0.2, 0.25) is 5.91 Å². The van der Waals surface area contributed by atoms with Crippen LogP contribution < -0.4 is 10.6 Å². The van der Waals surface area contributed by atoms with Gasteiger partial charge in [-0.25, -0.2) is 4.79 Å². The van der Waals surface area contributed by atoms with E-state index in [1.165, 1.54) is 0 Å². The zero-order valence-electron chi connectivity index (χ0n) is 11.1. The number of carbonyl (C=O) groups is 3. The van der Waals surface area contributed by atoms with Crippen molar-refractivity contribution in [3.05, 3.63) is 0 Å². The van der Waals surface area contributed by atoms with Gasteiger partial charge in [-0.15, -0.1) is 11.6 Å². The minimum atomic E-state index is -0.834. The summed E-state index contributed by atoms with van der Waals surface area (Å²) >= 11 is 5.80. The Kier molecular flexibility index (Phi) is 3.47. The third-order valence-electron chi connectivity index (χ3n) is 3.83. The molecule has 2 aliphatic heterocycles. The van der Waals surface area contributed by atoms with E-state index in [9.17, 15) is 14.4 Å². The second-order valence-corrected chi connectivity index (χ2v) is 6.07. The molecule has 0 aromatic heterocycles. The second-order valence-electron chi connectivity index (χ2n) is 5.80. The molecule has 7 heteroatoms. The van der Waals surface area contributed by atoms with Crippen LogP contribution in [0.2, 0.25) is 0 Å². The first-order valence-electron chi connectivity index (χ1n) is 6.30. The summed E-state index contributed by atoms with van der Waals surface area (Å²) in [6, 6.07) is -0.453. The summed E-state index contributed by atoms with van der Waals surface area (Å²) < 4.78 is 0. The molecular formula is C12H18ClN3O3. The van der Waals surface area contributed by atoms with Crippen molar-refractivity contribution in [2.45, 2.75) is 32.2 Å². The fourth-order valence-corrected chi connectivity index (χ4v) is 2.57. The largest absolute Gasteiger partial charge is 0.342 e. The smallest absolute Gasteiger partial charge is 0.322 e. The lowest BCUT2D eigenvalue weighted by atomic mass is 9.86. The minimum absolute atomic E-state index is 0.0120. The summed E-state index contributed by atoms with van der Waals surface area (Å²) in [5, 5.41) is 4.92. The molecule has 0 radical (unpaired) electrons. The average Bonchev–Trinajstić information content (AvgIpc) is 2.64. The molecule has 0 saturated carbocycles. The van der Waals surface area contributed by atoms with Crippen molar-refractivity contribution in [3.63, 3.8) is 0 Å². The van der Waals surface area contributed by atoms with Crippen LogP contribution in [0.25, 0.3) is 0 Å². The number of rotatable bonds is 2. The molecule has 1 spiro atoms. The van der Waals surface area contributed by atoms with Gasteiger partial charge in [-0.1, -0.05) is 0 Å². The molecule has 2 N–H and O–H groups in total. The predicted molar refractivity (Wildman–Crippen MR) is 69.7 cm³/mol. The second kappa shape index (κ2) is 4.67. The van der Waals surface area contributed by atoms with Gasteiger partial charge in [0.15, 0.2) is 0 Å². The van der Waals surface area contributed by atoms with Gasteiger partial charge in [0, 0.05) is 19.0 Å². The third kappa shape index (κ3) is 2.41. The molecule has 0 aromatic rings. The first-order chi connectivity index (χ1) is 8.81. The normalized spacial score (nSPS) is 22.4. The van der Waals surface area contributed by atoms with Crippen LogP contribution in [0.3, 0.4) is 0 Å². The van der Waals surface area contributed by atoms with Crippen LogP contribution in [-0.2, 0) is 9.59 Å². The molecule has 106 valence electrons. The molecule has 2 fully saturated rings. The molecule has 0 aromatic carbocycles. The van der Waals surface area contributed by atoms with Crippen LogP contribution in [-0.4, -0.2) is 47.3 Å². The number of hydrogen-bond acceptors (Lipinski definition) is 3. The summed E-state index contributed by atoms with van der Waals surface area (Å²) in [5.41, 5.74) is -1.44. The lowest BCUT2D eigenvalue weighted by molar-refractivity contribution is -0.142. The van der Waals surface area contributed by atoms with E-state index in [2.05, 4.69) is 10.6 Å². The molecule has 4 amide bonds. The highest BCUT2D eigenvalue weighted by Gasteiger charge is 2.49. The topological polar surface area (TPSA) is 78.5 Å². The molecular weight excluding hydrogens is 270 g/mol. The maximum absolute atomic E-state index is 12.3. The number of likely N-dealkylation sites (tertiary alicyclic amines) is 1. The van der Waals surface area contributed by atoms with Gasteiger partial charge in [0.1, 0.15) is 5.54 Å². The first kappa shape index (κ1) is 14.1. The van der Waals surface area contributed by atoms with E-state index in [1.54, 1.807) is 18.7 Å². The zero-order chi connectivity index (χ0) is 14.3. The number of halogens is 1. The Labute approximate surface area is 116 Å². The summed E-state index contributed by atoms with van der Waals surface area (Å²) in [7, 11) is 0. The molecule has 6 nitrogen and oxygen atoms in total. The highest BCUT2D eigenvalue weighted by Crippen LogP contribution is 2.29. The highest BCUT2D eigenvalue weighted by atomic mass is 35.5. The lowest BCUT2D eigenvalue weighted by Crippen LogP contribution is -2.57. The number of hydrogen-bond donors (Lipinski definition) is 2. The first-order valence-corrected chi connectivity index (χ1v) is 6.83. The molecule has 0 aliphatic carbocycles. The van der Waals surface area contributed by atoms with Gasteiger partial charge in [0.25, 0.3) is 5.91 Å². The number of carbonyl (C=O) groups excluding carboxylic acids is 3. The van der Waals surface area contributed by atoms with Gasteiger partial charge >= 0.3 is 6.03 Å². The number of alkyl halides is 1. The number of urea groups is 1. The Morgan fingerprint density at radius 1 is 1.37 bits per heavy atom. The Morgan fingerprint density at radius 3 is 2.37 bits per heavy atom. The highest BCUT2D eigenvalue weighted by molar-refractivity contribution is 6.19. The van der Waals surface area contributed by atoms with E-state index < -0.39 is 17.0 Å². The molecule has 19 heavy (non-hydrogen) atoms. The van der Waals surface area contributed by atoms with Crippen LogP contribution in [0.5, 0.6) is 0 Å². The van der Waals surface area contributed by atoms with E-state index in [4.69, 9.17) is 11.6 Å². The van der Waals surface area contributed by atoms with Crippen molar-refractivity contribution in [2.24, 2.45) is 5.41 Å². The van der Waals surface area contributed by atoms with Gasteiger partial charge in [-0.3, -0.25) is 14.9 Å². The van der Waals surface area contributed by atoms with Gasteiger partial charge in [-0.2, -0.15) is 0 Å². The Hall–Kier alpha value is -1.30. The summed E-state index contributed by atoms with van der Waals surface area (Å²) in [6.07, 6.45) is 0.878. The fourth-order valence-electron chi connectivity index (χ4n) is 2.46. The van der Waals surface area contributed by atoms with E-state index in [1.807, 2.05) is 0 Å². The van der Waals surface area contributed by atoms with Crippen molar-refractivity contribution in [1.29, 1.82) is 0 Å². The molecule has 2 heterocycles. The summed E-state index contributed by atoms with van der Waals surface area (Å²) in [5.74, 6) is -0.0479. The predicted octanol–water partition coefficient (Wildman–Crippen LogP) is 0.452. The van der Waals surface area contributed by atoms with Crippen LogP contribution in [0.1, 0.15) is 26.7 Å². The van der Waals surface area contributed by atoms with Gasteiger partial charge < -0.3 is 10.2 Å². The van der Waals surface area contributed by atoms with Crippen LogP contribution in [0.4, 0.5) is 4.79 Å². The number of piperidine rings is 1. The lowest BCUT2D eigenvalue weighted by Gasteiger charge is -2.39. The third-order valence-corrected chi connectivity index (χ3v) is 4.50. The summed E-state index contributed by atoms with van der Waals surface area (Å²) in [6.45, 7) is 4.51. The van der Waals surface area contributed by atoms with Crippen LogP contribution in [0, 0.1) is 5.41 Å². The van der Waals surface area contributed by atoms with Crippen molar-refractivity contribution in [2.75, 3.05) is 19.0 Å². The number of imide groups is 1. The molecule has 2 saturated heterocycles. The molecule has 0 atom stereocenters. The standard InChI is InChI=1S/C12H18ClN3O3/c1-11(2,7-13)9(18)16-5-3-12(4-6-16)8(17)14-10(19)15-12/h3-7H2,1-2H3,(H2,14,15,17,19). The zero-order valence-corrected chi connectivity index (χ0v) is 11.8.